The number of nitrogens with one attached hydrogen (secondary N) is 2. The molecular formula is C21H24N2O4. The van der Waals surface area contributed by atoms with Crippen LogP contribution in [0.25, 0.3) is 0 Å². The molecule has 2 aromatic rings. The maximum Gasteiger partial charge on any atom is 0.306 e. The number of benzene rings is 2. The number of carboxylic acid groups (broad SMARTS) is 1. The second kappa shape index (κ2) is 8.98. The van der Waals surface area contributed by atoms with Gasteiger partial charge in [-0.25, -0.2) is 0 Å². The van der Waals surface area contributed by atoms with Crippen LogP contribution in [0.1, 0.15) is 47.1 Å². The van der Waals surface area contributed by atoms with Gasteiger partial charge < -0.3 is 15.7 Å². The maximum absolute atomic E-state index is 12.3. The molecule has 2 aromatic carbocycles. The second-order valence-corrected chi connectivity index (χ2v) is 6.80. The molecule has 0 saturated carbocycles. The Labute approximate surface area is 158 Å². The van der Waals surface area contributed by atoms with Crippen molar-refractivity contribution in [3.05, 3.63) is 65.2 Å². The lowest BCUT2D eigenvalue weighted by Gasteiger charge is -2.10. The van der Waals surface area contributed by atoms with E-state index in [1.54, 1.807) is 55.5 Å². The van der Waals surface area contributed by atoms with Crippen LogP contribution in [0, 0.1) is 5.92 Å². The molecular weight excluding hydrogens is 344 g/mol. The Bertz CT molecular complexity index is 811. The third kappa shape index (κ3) is 5.95. The molecule has 6 heteroatoms. The Hall–Kier alpha value is -3.15. The first-order valence-electron chi connectivity index (χ1n) is 8.80. The Morgan fingerprint density at radius 1 is 0.852 bits per heavy atom. The highest BCUT2D eigenvalue weighted by Crippen LogP contribution is 2.15. The van der Waals surface area contributed by atoms with Crippen molar-refractivity contribution < 1.29 is 19.5 Å². The average molecular weight is 368 g/mol. The van der Waals surface area contributed by atoms with E-state index < -0.39 is 11.9 Å². The van der Waals surface area contributed by atoms with Gasteiger partial charge in [-0.3, -0.25) is 14.4 Å². The van der Waals surface area contributed by atoms with E-state index in [1.165, 1.54) is 0 Å². The Kier molecular flexibility index (Phi) is 6.71. The fraction of sp³-hybridized carbons (Fsp3) is 0.286. The molecule has 0 aromatic heterocycles. The number of carbonyl (C=O) groups is 3. The molecule has 0 saturated heterocycles. The lowest BCUT2D eigenvalue weighted by molar-refractivity contribution is -0.141. The molecule has 1 unspecified atom stereocenters. The van der Waals surface area contributed by atoms with Crippen molar-refractivity contribution in [2.24, 2.45) is 5.92 Å². The molecule has 27 heavy (non-hydrogen) atoms. The van der Waals surface area contributed by atoms with Crippen molar-refractivity contribution in [2.75, 3.05) is 5.32 Å². The van der Waals surface area contributed by atoms with E-state index >= 15 is 0 Å². The molecule has 142 valence electrons. The first-order chi connectivity index (χ1) is 12.8. The van der Waals surface area contributed by atoms with Gasteiger partial charge in [0.1, 0.15) is 0 Å². The molecule has 0 aliphatic heterocycles. The Balaban J connectivity index is 1.98. The minimum atomic E-state index is -0.835. The highest BCUT2D eigenvalue weighted by atomic mass is 16.4. The summed E-state index contributed by atoms with van der Waals surface area (Å²) in [6.07, 6.45) is 0.434. The molecule has 0 heterocycles. The predicted molar refractivity (Wildman–Crippen MR) is 104 cm³/mol. The van der Waals surface area contributed by atoms with Crippen LogP contribution in [0.15, 0.2) is 48.5 Å². The minimum Gasteiger partial charge on any atom is -0.481 e. The molecule has 0 aliphatic rings. The highest BCUT2D eigenvalue weighted by molar-refractivity contribution is 6.05. The normalized spacial score (nSPS) is 11.7. The fourth-order valence-corrected chi connectivity index (χ4v) is 2.49. The van der Waals surface area contributed by atoms with Crippen LogP contribution < -0.4 is 10.6 Å². The van der Waals surface area contributed by atoms with Gasteiger partial charge in [0, 0.05) is 22.9 Å². The lowest BCUT2D eigenvalue weighted by atomic mass is 10.0. The first-order valence-corrected chi connectivity index (χ1v) is 8.80. The fourth-order valence-electron chi connectivity index (χ4n) is 2.49. The number of anilines is 1. The van der Waals surface area contributed by atoms with Gasteiger partial charge in [0.15, 0.2) is 0 Å². The van der Waals surface area contributed by atoms with Crippen molar-refractivity contribution in [3.63, 3.8) is 0 Å². The van der Waals surface area contributed by atoms with Gasteiger partial charge in [-0.2, -0.15) is 0 Å². The van der Waals surface area contributed by atoms with Crippen LogP contribution in [0.3, 0.4) is 0 Å². The maximum atomic E-state index is 12.3. The highest BCUT2D eigenvalue weighted by Gasteiger charge is 2.12. The summed E-state index contributed by atoms with van der Waals surface area (Å²) in [5.41, 5.74) is 2.45. The molecule has 0 radical (unpaired) electrons. The number of carbonyl (C=O) groups excluding carboxylic acids is 2. The van der Waals surface area contributed by atoms with E-state index in [2.05, 4.69) is 10.6 Å². The molecule has 0 fully saturated rings. The SMILES string of the molecule is CC(C)NC(=O)c1ccc(C(=O)Nc2ccc(CC(C)C(=O)O)cc2)cc1. The van der Waals surface area contributed by atoms with E-state index in [0.717, 1.165) is 5.56 Å². The van der Waals surface area contributed by atoms with E-state index in [1.807, 2.05) is 13.8 Å². The number of carboxylic acids is 1. The van der Waals surface area contributed by atoms with E-state index in [0.29, 0.717) is 23.2 Å². The molecule has 2 amide bonds. The molecule has 0 aliphatic carbocycles. The largest absolute Gasteiger partial charge is 0.481 e. The average Bonchev–Trinajstić information content (AvgIpc) is 2.62. The van der Waals surface area contributed by atoms with Gasteiger partial charge in [0.05, 0.1) is 5.92 Å². The van der Waals surface area contributed by atoms with Gasteiger partial charge in [0.2, 0.25) is 0 Å². The predicted octanol–water partition coefficient (Wildman–Crippen LogP) is 3.34. The smallest absolute Gasteiger partial charge is 0.306 e. The molecule has 6 nitrogen and oxygen atoms in total. The zero-order valence-corrected chi connectivity index (χ0v) is 15.7. The van der Waals surface area contributed by atoms with Crippen LogP contribution >= 0.6 is 0 Å². The lowest BCUT2D eigenvalue weighted by Crippen LogP contribution is -2.30. The summed E-state index contributed by atoms with van der Waals surface area (Å²) in [4.78, 5) is 35.2. The third-order valence-corrected chi connectivity index (χ3v) is 4.00. The van der Waals surface area contributed by atoms with Crippen molar-refractivity contribution >= 4 is 23.5 Å². The van der Waals surface area contributed by atoms with E-state index in [-0.39, 0.29) is 17.9 Å². The van der Waals surface area contributed by atoms with Crippen molar-refractivity contribution in [3.8, 4) is 0 Å². The van der Waals surface area contributed by atoms with Crippen LogP contribution in [-0.2, 0) is 11.2 Å². The minimum absolute atomic E-state index is 0.0435. The topological polar surface area (TPSA) is 95.5 Å². The van der Waals surface area contributed by atoms with Crippen LogP contribution in [0.5, 0.6) is 0 Å². The molecule has 0 spiro atoms. The third-order valence-electron chi connectivity index (χ3n) is 4.00. The summed E-state index contributed by atoms with van der Waals surface area (Å²) >= 11 is 0. The molecule has 3 N–H and O–H groups in total. The number of hydrogen-bond donors (Lipinski definition) is 3. The number of aliphatic carboxylic acids is 1. The molecule has 0 bridgehead atoms. The zero-order chi connectivity index (χ0) is 20.0. The summed E-state index contributed by atoms with van der Waals surface area (Å²) in [5.74, 6) is -1.75. The van der Waals surface area contributed by atoms with Crippen molar-refractivity contribution in [2.45, 2.75) is 33.2 Å². The van der Waals surface area contributed by atoms with Crippen molar-refractivity contribution in [1.82, 2.24) is 5.32 Å². The summed E-state index contributed by atoms with van der Waals surface area (Å²) in [6, 6.07) is 13.6. The molecule has 2 rings (SSSR count). The van der Waals surface area contributed by atoms with Gasteiger partial charge in [-0.15, -0.1) is 0 Å². The summed E-state index contributed by atoms with van der Waals surface area (Å²) in [6.45, 7) is 5.42. The Morgan fingerprint density at radius 2 is 1.37 bits per heavy atom. The van der Waals surface area contributed by atoms with E-state index in [9.17, 15) is 14.4 Å². The zero-order valence-electron chi connectivity index (χ0n) is 15.7. The summed E-state index contributed by atoms with van der Waals surface area (Å²) in [5, 5.41) is 14.5. The molecule has 1 atom stereocenters. The van der Waals surface area contributed by atoms with Crippen LogP contribution in [0.4, 0.5) is 5.69 Å². The van der Waals surface area contributed by atoms with Gasteiger partial charge >= 0.3 is 5.97 Å². The Morgan fingerprint density at radius 3 is 1.85 bits per heavy atom. The van der Waals surface area contributed by atoms with Gasteiger partial charge in [0.25, 0.3) is 11.8 Å². The standard InChI is InChI=1S/C21H24N2O4/c1-13(2)22-19(24)16-6-8-17(9-7-16)20(25)23-18-10-4-15(5-11-18)12-14(3)21(26)27/h4-11,13-14H,12H2,1-3H3,(H,22,24)(H,23,25)(H,26,27). The number of rotatable bonds is 7. The monoisotopic (exact) mass is 368 g/mol. The van der Waals surface area contributed by atoms with Gasteiger partial charge in [-0.05, 0) is 62.2 Å². The van der Waals surface area contributed by atoms with Gasteiger partial charge in [-0.1, -0.05) is 19.1 Å². The summed E-state index contributed by atoms with van der Waals surface area (Å²) < 4.78 is 0. The number of amides is 2. The number of hydrogen-bond acceptors (Lipinski definition) is 3. The first kappa shape index (κ1) is 20.2. The van der Waals surface area contributed by atoms with Crippen molar-refractivity contribution in [1.29, 1.82) is 0 Å². The van der Waals surface area contributed by atoms with Crippen LogP contribution in [0.2, 0.25) is 0 Å². The van der Waals surface area contributed by atoms with E-state index in [4.69, 9.17) is 5.11 Å². The van der Waals surface area contributed by atoms with Crippen LogP contribution in [-0.4, -0.2) is 28.9 Å². The summed E-state index contributed by atoms with van der Waals surface area (Å²) in [7, 11) is 0. The second-order valence-electron chi connectivity index (χ2n) is 6.80. The quantitative estimate of drug-likeness (QED) is 0.698.